The van der Waals surface area contributed by atoms with Gasteiger partial charge in [-0.15, -0.1) is 6.58 Å². The lowest BCUT2D eigenvalue weighted by Crippen LogP contribution is -2.46. The number of carbonyl (C=O) groups is 2. The fourth-order valence-corrected chi connectivity index (χ4v) is 5.06. The number of hydrogen-bond donors (Lipinski definition) is 2. The Kier molecular flexibility index (Phi) is 10.4. The molecule has 0 saturated carbocycles. The molecule has 2 N–H and O–H groups in total. The second-order valence-corrected chi connectivity index (χ2v) is 9.81. The monoisotopic (exact) mass is 565 g/mol. The number of ether oxygens (including phenoxy) is 1. The predicted molar refractivity (Wildman–Crippen MR) is 164 cm³/mol. The molecular weight excluding hydrogens is 534 g/mol. The van der Waals surface area contributed by atoms with Crippen LogP contribution in [0.2, 0.25) is 5.02 Å². The van der Waals surface area contributed by atoms with E-state index in [1.165, 1.54) is 6.08 Å². The maximum absolute atomic E-state index is 13.4. The summed E-state index contributed by atoms with van der Waals surface area (Å²) in [4.78, 5) is 25.4. The van der Waals surface area contributed by atoms with Crippen molar-refractivity contribution in [3.05, 3.63) is 161 Å². The minimum Gasteiger partial charge on any atom is -0.478 e. The van der Waals surface area contributed by atoms with Crippen molar-refractivity contribution in [3.8, 4) is 0 Å². The van der Waals surface area contributed by atoms with Gasteiger partial charge in [-0.1, -0.05) is 127 Å². The molecular formula is C35H32ClNO4. The van der Waals surface area contributed by atoms with Gasteiger partial charge in [-0.3, -0.25) is 10.1 Å². The Morgan fingerprint density at radius 2 is 1.32 bits per heavy atom. The first-order valence-electron chi connectivity index (χ1n) is 13.3. The molecule has 0 fully saturated rings. The van der Waals surface area contributed by atoms with Gasteiger partial charge in [-0.2, -0.15) is 0 Å². The number of ketones is 1. The van der Waals surface area contributed by atoms with Crippen LogP contribution in [-0.4, -0.2) is 36.1 Å². The number of carboxylic acids is 1. The van der Waals surface area contributed by atoms with Gasteiger partial charge in [0.25, 0.3) is 0 Å². The fraction of sp³-hybridized carbons (Fsp3) is 0.143. The summed E-state index contributed by atoms with van der Waals surface area (Å²) in [5.41, 5.74) is 2.50. The molecule has 0 bridgehead atoms. The summed E-state index contributed by atoms with van der Waals surface area (Å²) >= 11 is 6.21. The van der Waals surface area contributed by atoms with Crippen molar-refractivity contribution in [2.75, 3.05) is 13.2 Å². The number of halogens is 1. The molecule has 0 heterocycles. The Bertz CT molecular complexity index is 1390. The number of Topliss-reactive ketones (excluding diaryl/α,β-unsaturated/α-hetero) is 1. The zero-order valence-corrected chi connectivity index (χ0v) is 23.3. The van der Waals surface area contributed by atoms with Crippen LogP contribution in [0.4, 0.5) is 0 Å². The highest BCUT2D eigenvalue weighted by Crippen LogP contribution is 2.36. The smallest absolute Gasteiger partial charge is 0.339 e. The largest absolute Gasteiger partial charge is 0.478 e. The number of rotatable bonds is 14. The lowest BCUT2D eigenvalue weighted by molar-refractivity contribution is -0.137. The highest BCUT2D eigenvalue weighted by molar-refractivity contribution is 6.32. The third-order valence-electron chi connectivity index (χ3n) is 6.81. The van der Waals surface area contributed by atoms with Crippen molar-refractivity contribution < 1.29 is 19.4 Å². The van der Waals surface area contributed by atoms with Crippen LogP contribution >= 0.6 is 11.6 Å². The minimum absolute atomic E-state index is 0.150. The molecule has 0 aliphatic rings. The van der Waals surface area contributed by atoms with Crippen LogP contribution in [0.1, 0.15) is 28.7 Å². The van der Waals surface area contributed by atoms with E-state index in [2.05, 4.69) is 48.3 Å². The minimum atomic E-state index is -1.35. The maximum Gasteiger partial charge on any atom is 0.339 e. The Labute approximate surface area is 245 Å². The first kappa shape index (κ1) is 29.7. The van der Waals surface area contributed by atoms with Crippen molar-refractivity contribution in [2.45, 2.75) is 18.1 Å². The standard InChI is InChI=1S/C35H32ClNO4/c1-2-14-32(33(38)30(34(39)40)25-26-15-12-13-22-31(26)36)41-24-23-37-35(27-16-6-3-7-17-27,28-18-8-4-9-19-28)29-20-10-5-11-21-29/h2-13,15-22,25,32,37H,1,14,23-24H2,(H,39,40). The van der Waals surface area contributed by atoms with E-state index in [-0.39, 0.29) is 13.0 Å². The van der Waals surface area contributed by atoms with E-state index < -0.39 is 29.0 Å². The molecule has 0 spiro atoms. The van der Waals surface area contributed by atoms with Crippen LogP contribution < -0.4 is 5.32 Å². The first-order valence-corrected chi connectivity index (χ1v) is 13.7. The van der Waals surface area contributed by atoms with Crippen molar-refractivity contribution in [1.82, 2.24) is 5.32 Å². The van der Waals surface area contributed by atoms with E-state index in [0.29, 0.717) is 17.1 Å². The van der Waals surface area contributed by atoms with E-state index >= 15 is 0 Å². The quantitative estimate of drug-likeness (QED) is 0.0433. The molecule has 4 aromatic rings. The lowest BCUT2D eigenvalue weighted by Gasteiger charge is -2.37. The molecule has 0 amide bonds. The van der Waals surface area contributed by atoms with Gasteiger partial charge in [0.2, 0.25) is 0 Å². The topological polar surface area (TPSA) is 75.6 Å². The molecule has 0 aliphatic heterocycles. The van der Waals surface area contributed by atoms with Gasteiger partial charge in [-0.05, 0) is 40.8 Å². The number of hydrogen-bond acceptors (Lipinski definition) is 4. The van der Waals surface area contributed by atoms with Gasteiger partial charge in [0, 0.05) is 11.6 Å². The number of carbonyl (C=O) groups excluding carboxylic acids is 1. The van der Waals surface area contributed by atoms with E-state index in [4.69, 9.17) is 16.3 Å². The van der Waals surface area contributed by atoms with Crippen LogP contribution in [0.15, 0.2) is 133 Å². The number of benzene rings is 4. The summed E-state index contributed by atoms with van der Waals surface area (Å²) in [6.07, 6.45) is 1.98. The highest BCUT2D eigenvalue weighted by atomic mass is 35.5. The fourth-order valence-electron chi connectivity index (χ4n) is 4.87. The van der Waals surface area contributed by atoms with Crippen LogP contribution in [0.5, 0.6) is 0 Å². The summed E-state index contributed by atoms with van der Waals surface area (Å²) < 4.78 is 6.03. The SMILES string of the molecule is C=CCC(OCCNC(c1ccccc1)(c1ccccc1)c1ccccc1)C(=O)C(=Cc1ccccc1Cl)C(=O)O. The number of nitrogens with one attached hydrogen (secondary N) is 1. The molecule has 4 rings (SSSR count). The third kappa shape index (κ3) is 7.08. The van der Waals surface area contributed by atoms with Gasteiger partial charge in [0.05, 0.1) is 12.1 Å². The summed E-state index contributed by atoms with van der Waals surface area (Å²) in [7, 11) is 0. The third-order valence-corrected chi connectivity index (χ3v) is 7.15. The van der Waals surface area contributed by atoms with Crippen LogP contribution in [0, 0.1) is 0 Å². The Balaban J connectivity index is 1.60. The van der Waals surface area contributed by atoms with E-state index in [1.54, 1.807) is 30.3 Å². The zero-order valence-electron chi connectivity index (χ0n) is 22.6. The van der Waals surface area contributed by atoms with Gasteiger partial charge in [0.15, 0.2) is 5.78 Å². The normalized spacial score (nSPS) is 12.5. The van der Waals surface area contributed by atoms with Gasteiger partial charge >= 0.3 is 5.97 Å². The number of carboxylic acid groups (broad SMARTS) is 1. The molecule has 0 aliphatic carbocycles. The Morgan fingerprint density at radius 3 is 1.78 bits per heavy atom. The second kappa shape index (κ2) is 14.4. The van der Waals surface area contributed by atoms with Crippen molar-refractivity contribution in [2.24, 2.45) is 0 Å². The summed E-state index contributed by atoms with van der Waals surface area (Å²) in [6, 6.07) is 37.2. The maximum atomic E-state index is 13.4. The van der Waals surface area contributed by atoms with E-state index in [9.17, 15) is 14.7 Å². The molecule has 0 saturated heterocycles. The predicted octanol–water partition coefficient (Wildman–Crippen LogP) is 6.92. The molecule has 1 atom stereocenters. The lowest BCUT2D eigenvalue weighted by atomic mass is 9.77. The second-order valence-electron chi connectivity index (χ2n) is 9.41. The number of aliphatic carboxylic acids is 1. The van der Waals surface area contributed by atoms with Crippen molar-refractivity contribution >= 4 is 29.4 Å². The summed E-state index contributed by atoms with van der Waals surface area (Å²) in [5, 5.41) is 13.9. The van der Waals surface area contributed by atoms with Crippen LogP contribution in [0.3, 0.4) is 0 Å². The van der Waals surface area contributed by atoms with Gasteiger partial charge in [-0.25, -0.2) is 4.79 Å². The first-order chi connectivity index (χ1) is 20.0. The van der Waals surface area contributed by atoms with Crippen LogP contribution in [0.25, 0.3) is 6.08 Å². The summed E-state index contributed by atoms with van der Waals surface area (Å²) in [5.74, 6) is -1.99. The molecule has 0 radical (unpaired) electrons. The molecule has 0 aromatic heterocycles. The highest BCUT2D eigenvalue weighted by Gasteiger charge is 2.36. The Hall–Kier alpha value is -4.29. The van der Waals surface area contributed by atoms with E-state index in [1.807, 2.05) is 54.6 Å². The van der Waals surface area contributed by atoms with Crippen molar-refractivity contribution in [3.63, 3.8) is 0 Å². The van der Waals surface area contributed by atoms with E-state index in [0.717, 1.165) is 16.7 Å². The molecule has 6 heteroatoms. The molecule has 5 nitrogen and oxygen atoms in total. The molecule has 1 unspecified atom stereocenters. The molecule has 208 valence electrons. The van der Waals surface area contributed by atoms with Gasteiger partial charge in [0.1, 0.15) is 11.7 Å². The van der Waals surface area contributed by atoms with Gasteiger partial charge < -0.3 is 9.84 Å². The summed E-state index contributed by atoms with van der Waals surface area (Å²) in [6.45, 7) is 4.26. The Morgan fingerprint density at radius 1 is 0.829 bits per heavy atom. The van der Waals surface area contributed by atoms with Crippen LogP contribution in [-0.2, 0) is 19.9 Å². The molecule has 41 heavy (non-hydrogen) atoms. The average Bonchev–Trinajstić information content (AvgIpc) is 3.01. The van der Waals surface area contributed by atoms with Crippen molar-refractivity contribution in [1.29, 1.82) is 0 Å². The zero-order chi connectivity index (χ0) is 29.1. The molecule has 4 aromatic carbocycles. The average molecular weight is 566 g/mol.